The van der Waals surface area contributed by atoms with Crippen LogP contribution in [0.2, 0.25) is 0 Å². The smallest absolute Gasteiger partial charge is 0.230 e. The molecule has 1 aromatic carbocycles. The van der Waals surface area contributed by atoms with Crippen molar-refractivity contribution < 1.29 is 14.3 Å². The number of nitrogens with zero attached hydrogens (tertiary/aromatic N) is 2. The number of carbonyl (C=O) groups is 2. The molecule has 1 fully saturated rings. The lowest BCUT2D eigenvalue weighted by molar-refractivity contribution is -0.134. The molecule has 2 heterocycles. The predicted molar refractivity (Wildman–Crippen MR) is 82.7 cm³/mol. The summed E-state index contributed by atoms with van der Waals surface area (Å²) in [5, 5.41) is 0. The van der Waals surface area contributed by atoms with Gasteiger partial charge in [0.2, 0.25) is 11.8 Å². The first kappa shape index (κ1) is 14.9. The fourth-order valence-corrected chi connectivity index (χ4v) is 3.27. The van der Waals surface area contributed by atoms with Crippen LogP contribution >= 0.6 is 0 Å². The van der Waals surface area contributed by atoms with Gasteiger partial charge in [0.25, 0.3) is 0 Å². The lowest BCUT2D eigenvalue weighted by Crippen LogP contribution is -2.40. The van der Waals surface area contributed by atoms with Crippen LogP contribution in [-0.2, 0) is 9.59 Å². The summed E-state index contributed by atoms with van der Waals surface area (Å²) < 4.78 is 5.64. The largest absolute Gasteiger partial charge is 0.493 e. The first-order valence-electron chi connectivity index (χ1n) is 7.93. The molecule has 22 heavy (non-hydrogen) atoms. The van der Waals surface area contributed by atoms with Gasteiger partial charge in [-0.15, -0.1) is 0 Å². The van der Waals surface area contributed by atoms with Crippen molar-refractivity contribution in [2.45, 2.75) is 25.7 Å². The van der Waals surface area contributed by atoms with E-state index < -0.39 is 0 Å². The number of ether oxygens (including phenoxy) is 1. The minimum atomic E-state index is -0.117. The van der Waals surface area contributed by atoms with Gasteiger partial charge in [0.05, 0.1) is 12.5 Å². The van der Waals surface area contributed by atoms with Crippen molar-refractivity contribution in [1.82, 2.24) is 9.80 Å². The molecule has 5 nitrogen and oxygen atoms in total. The molecule has 1 saturated heterocycles. The van der Waals surface area contributed by atoms with Crippen molar-refractivity contribution in [1.29, 1.82) is 0 Å². The quantitative estimate of drug-likeness (QED) is 0.792. The van der Waals surface area contributed by atoms with Crippen LogP contribution in [0.25, 0.3) is 0 Å². The second-order valence-electron chi connectivity index (χ2n) is 5.91. The van der Waals surface area contributed by atoms with Crippen LogP contribution in [-0.4, -0.2) is 54.4 Å². The van der Waals surface area contributed by atoms with Gasteiger partial charge in [-0.3, -0.25) is 9.59 Å². The Kier molecular flexibility index (Phi) is 4.32. The number of carbonyl (C=O) groups excluding carboxylic acids is 2. The Labute approximate surface area is 130 Å². The summed E-state index contributed by atoms with van der Waals surface area (Å²) >= 11 is 0. The maximum absolute atomic E-state index is 12.9. The van der Waals surface area contributed by atoms with Crippen molar-refractivity contribution in [3.05, 3.63) is 29.8 Å². The minimum absolute atomic E-state index is 0.0886. The number of fused-ring (bicyclic) bond motifs is 1. The van der Waals surface area contributed by atoms with Gasteiger partial charge in [-0.2, -0.15) is 0 Å². The average Bonchev–Trinajstić information content (AvgIpc) is 2.80. The lowest BCUT2D eigenvalue weighted by atomic mass is 9.91. The first-order chi connectivity index (χ1) is 10.7. The summed E-state index contributed by atoms with van der Waals surface area (Å²) in [6.07, 6.45) is 1.57. The Hall–Kier alpha value is -2.04. The monoisotopic (exact) mass is 302 g/mol. The number of hydrogen-bond donors (Lipinski definition) is 0. The van der Waals surface area contributed by atoms with E-state index >= 15 is 0 Å². The zero-order valence-electron chi connectivity index (χ0n) is 13.0. The van der Waals surface area contributed by atoms with Gasteiger partial charge in [0.15, 0.2) is 0 Å². The molecule has 1 aromatic rings. The van der Waals surface area contributed by atoms with Crippen LogP contribution in [0, 0.1) is 0 Å². The van der Waals surface area contributed by atoms with E-state index in [-0.39, 0.29) is 17.7 Å². The Morgan fingerprint density at radius 2 is 1.82 bits per heavy atom. The molecular weight excluding hydrogens is 280 g/mol. The normalized spacial score (nSPS) is 21.6. The van der Waals surface area contributed by atoms with E-state index in [0.29, 0.717) is 19.7 Å². The summed E-state index contributed by atoms with van der Waals surface area (Å²) in [5.74, 6) is 0.966. The van der Waals surface area contributed by atoms with E-state index in [2.05, 4.69) is 0 Å². The number of para-hydroxylation sites is 1. The molecule has 0 radical (unpaired) electrons. The van der Waals surface area contributed by atoms with Crippen molar-refractivity contribution in [3.8, 4) is 5.75 Å². The molecule has 0 N–H and O–H groups in total. The zero-order valence-corrected chi connectivity index (χ0v) is 13.0. The molecule has 5 heteroatoms. The van der Waals surface area contributed by atoms with E-state index in [4.69, 9.17) is 4.74 Å². The molecule has 0 unspecified atom stereocenters. The topological polar surface area (TPSA) is 49.9 Å². The molecule has 118 valence electrons. The molecule has 0 spiro atoms. The van der Waals surface area contributed by atoms with Crippen molar-refractivity contribution >= 4 is 11.8 Å². The van der Waals surface area contributed by atoms with E-state index in [1.165, 1.54) is 0 Å². The van der Waals surface area contributed by atoms with Gasteiger partial charge in [-0.05, 0) is 18.9 Å². The van der Waals surface area contributed by atoms with Gasteiger partial charge in [-0.25, -0.2) is 0 Å². The molecule has 2 aliphatic heterocycles. The number of hydrogen-bond acceptors (Lipinski definition) is 3. The second-order valence-corrected chi connectivity index (χ2v) is 5.91. The van der Waals surface area contributed by atoms with Crippen LogP contribution in [0.3, 0.4) is 0 Å². The van der Waals surface area contributed by atoms with E-state index in [1.807, 2.05) is 34.1 Å². The Balaban J connectivity index is 1.73. The van der Waals surface area contributed by atoms with Gasteiger partial charge in [0.1, 0.15) is 5.75 Å². The number of amides is 2. The van der Waals surface area contributed by atoms with E-state index in [9.17, 15) is 9.59 Å². The Bertz CT molecular complexity index is 573. The maximum atomic E-state index is 12.9. The summed E-state index contributed by atoms with van der Waals surface area (Å²) in [6.45, 7) is 4.89. The zero-order chi connectivity index (χ0) is 15.5. The minimum Gasteiger partial charge on any atom is -0.493 e. The number of rotatable bonds is 1. The average molecular weight is 302 g/mol. The predicted octanol–water partition coefficient (Wildman–Crippen LogP) is 1.63. The van der Waals surface area contributed by atoms with Gasteiger partial charge in [0, 0.05) is 38.7 Å². The molecule has 2 aliphatic rings. The van der Waals surface area contributed by atoms with Crippen LogP contribution in [0.1, 0.15) is 31.2 Å². The highest BCUT2D eigenvalue weighted by Gasteiger charge is 2.31. The molecule has 2 amide bonds. The Morgan fingerprint density at radius 3 is 2.64 bits per heavy atom. The number of benzene rings is 1. The summed E-state index contributed by atoms with van der Waals surface area (Å²) in [5.41, 5.74) is 0.992. The maximum Gasteiger partial charge on any atom is 0.230 e. The highest BCUT2D eigenvalue weighted by Crippen LogP contribution is 2.34. The molecule has 0 saturated carbocycles. The van der Waals surface area contributed by atoms with Crippen molar-refractivity contribution in [2.24, 2.45) is 0 Å². The Morgan fingerprint density at radius 1 is 1.09 bits per heavy atom. The third kappa shape index (κ3) is 2.93. The van der Waals surface area contributed by atoms with E-state index in [1.54, 1.807) is 6.92 Å². The van der Waals surface area contributed by atoms with Crippen LogP contribution in [0.15, 0.2) is 24.3 Å². The second kappa shape index (κ2) is 6.38. The molecule has 0 aromatic heterocycles. The molecule has 0 aliphatic carbocycles. The SMILES string of the molecule is CC(=O)N1CCCN(C(=O)[C@@H]2CCOc3ccccc32)CC1. The fraction of sp³-hybridized carbons (Fsp3) is 0.529. The molecule has 3 rings (SSSR count). The van der Waals surface area contributed by atoms with Crippen molar-refractivity contribution in [3.63, 3.8) is 0 Å². The van der Waals surface area contributed by atoms with Gasteiger partial charge >= 0.3 is 0 Å². The van der Waals surface area contributed by atoms with Crippen LogP contribution < -0.4 is 4.74 Å². The summed E-state index contributed by atoms with van der Waals surface area (Å²) in [6, 6.07) is 7.79. The first-order valence-corrected chi connectivity index (χ1v) is 7.93. The van der Waals surface area contributed by atoms with Gasteiger partial charge in [-0.1, -0.05) is 18.2 Å². The highest BCUT2D eigenvalue weighted by molar-refractivity contribution is 5.85. The lowest BCUT2D eigenvalue weighted by Gasteiger charge is -2.30. The third-order valence-corrected chi connectivity index (χ3v) is 4.51. The standard InChI is InChI=1S/C17H22N2O3/c1-13(20)18-8-4-9-19(11-10-18)17(21)15-7-12-22-16-6-3-2-5-14(15)16/h2-3,5-6,15H,4,7-12H2,1H3/t15-/m1/s1. The fourth-order valence-electron chi connectivity index (χ4n) is 3.27. The molecule has 1 atom stereocenters. The summed E-state index contributed by atoms with van der Waals surface area (Å²) in [7, 11) is 0. The van der Waals surface area contributed by atoms with E-state index in [0.717, 1.165) is 37.2 Å². The molecule has 0 bridgehead atoms. The van der Waals surface area contributed by atoms with Gasteiger partial charge < -0.3 is 14.5 Å². The highest BCUT2D eigenvalue weighted by atomic mass is 16.5. The van der Waals surface area contributed by atoms with Crippen molar-refractivity contribution in [2.75, 3.05) is 32.8 Å². The molecular formula is C17H22N2O3. The van der Waals surface area contributed by atoms with Crippen LogP contribution in [0.5, 0.6) is 5.75 Å². The van der Waals surface area contributed by atoms with Crippen LogP contribution in [0.4, 0.5) is 0 Å². The summed E-state index contributed by atoms with van der Waals surface area (Å²) in [4.78, 5) is 28.1. The third-order valence-electron chi connectivity index (χ3n) is 4.51.